The summed E-state index contributed by atoms with van der Waals surface area (Å²) in [5.74, 6) is 0.291. The van der Waals surface area contributed by atoms with Gasteiger partial charge >= 0.3 is 0 Å². The Morgan fingerprint density at radius 3 is 2.90 bits per heavy atom. The highest BCUT2D eigenvalue weighted by Crippen LogP contribution is 2.28. The molecule has 0 unspecified atom stereocenters. The normalized spacial score (nSPS) is 17.8. The molecule has 1 aliphatic rings. The number of hydrogen-bond donors (Lipinski definition) is 1. The van der Waals surface area contributed by atoms with Crippen LogP contribution in [0.15, 0.2) is 66.0 Å². The average Bonchev–Trinajstić information content (AvgIpc) is 2.91. The van der Waals surface area contributed by atoms with Gasteiger partial charge in [-0.25, -0.2) is 4.98 Å². The van der Waals surface area contributed by atoms with Crippen molar-refractivity contribution in [2.45, 2.75) is 13.3 Å². The molecule has 0 aliphatic heterocycles. The lowest BCUT2D eigenvalue weighted by molar-refractivity contribution is 0.434. The number of para-hydroxylation sites is 1. The Balaban J connectivity index is 1.97. The van der Waals surface area contributed by atoms with Crippen LogP contribution in [0.4, 0.5) is 0 Å². The van der Waals surface area contributed by atoms with Crippen LogP contribution in [-0.4, -0.2) is 10.1 Å². The second kappa shape index (κ2) is 5.47. The summed E-state index contributed by atoms with van der Waals surface area (Å²) in [7, 11) is 0. The van der Waals surface area contributed by atoms with E-state index in [4.69, 9.17) is 0 Å². The van der Waals surface area contributed by atoms with Crippen molar-refractivity contribution in [1.29, 1.82) is 0 Å². The van der Waals surface area contributed by atoms with Gasteiger partial charge in [0, 0.05) is 5.57 Å². The molecule has 20 heavy (non-hydrogen) atoms. The monoisotopic (exact) mass is 281 g/mol. The van der Waals surface area contributed by atoms with E-state index in [1.54, 1.807) is 11.3 Å². The summed E-state index contributed by atoms with van der Waals surface area (Å²) in [6.45, 7) is 1.91. The first-order chi connectivity index (χ1) is 9.74. The second-order valence-corrected chi connectivity index (χ2v) is 5.74. The summed E-state index contributed by atoms with van der Waals surface area (Å²) < 4.78 is 1.14. The predicted molar refractivity (Wildman–Crippen MR) is 85.8 cm³/mol. The van der Waals surface area contributed by atoms with E-state index in [0.717, 1.165) is 32.8 Å². The van der Waals surface area contributed by atoms with Gasteiger partial charge in [0.25, 0.3) is 0 Å². The number of aromatic nitrogens is 1. The van der Waals surface area contributed by atoms with E-state index >= 15 is 0 Å². The fourth-order valence-corrected chi connectivity index (χ4v) is 3.04. The van der Waals surface area contributed by atoms with Crippen molar-refractivity contribution in [3.05, 3.63) is 71.0 Å². The SMILES string of the molecule is C/C(=C(O)\C=C1\C=CC=CC1)c1nc2ccccc2s1. The Bertz CT molecular complexity index is 729. The summed E-state index contributed by atoms with van der Waals surface area (Å²) in [6, 6.07) is 8.02. The Morgan fingerprint density at radius 2 is 2.15 bits per heavy atom. The molecular weight excluding hydrogens is 266 g/mol. The molecule has 0 bridgehead atoms. The summed E-state index contributed by atoms with van der Waals surface area (Å²) >= 11 is 1.61. The lowest BCUT2D eigenvalue weighted by Gasteiger charge is -2.03. The lowest BCUT2D eigenvalue weighted by Crippen LogP contribution is -1.88. The van der Waals surface area contributed by atoms with E-state index in [-0.39, 0.29) is 0 Å². The molecule has 3 heteroatoms. The van der Waals surface area contributed by atoms with Crippen molar-refractivity contribution >= 4 is 27.1 Å². The van der Waals surface area contributed by atoms with Crippen molar-refractivity contribution in [2.24, 2.45) is 0 Å². The van der Waals surface area contributed by atoms with Gasteiger partial charge < -0.3 is 5.11 Å². The van der Waals surface area contributed by atoms with Crippen LogP contribution >= 0.6 is 11.3 Å². The first kappa shape index (κ1) is 12.9. The third-order valence-corrected chi connectivity index (χ3v) is 4.39. The predicted octanol–water partition coefficient (Wildman–Crippen LogP) is 5.03. The smallest absolute Gasteiger partial charge is 0.123 e. The van der Waals surface area contributed by atoms with Gasteiger partial charge in [-0.3, -0.25) is 0 Å². The van der Waals surface area contributed by atoms with Gasteiger partial charge in [-0.1, -0.05) is 36.4 Å². The maximum Gasteiger partial charge on any atom is 0.123 e. The quantitative estimate of drug-likeness (QED) is 0.783. The minimum Gasteiger partial charge on any atom is -0.508 e. The van der Waals surface area contributed by atoms with Crippen LogP contribution in [0.1, 0.15) is 18.4 Å². The van der Waals surface area contributed by atoms with Gasteiger partial charge in [0.15, 0.2) is 0 Å². The number of thiazole rings is 1. The summed E-state index contributed by atoms with van der Waals surface area (Å²) in [5.41, 5.74) is 2.90. The van der Waals surface area contributed by atoms with Crippen LogP contribution in [0.3, 0.4) is 0 Å². The van der Waals surface area contributed by atoms with E-state index < -0.39 is 0 Å². The molecule has 0 atom stereocenters. The molecule has 2 nitrogen and oxygen atoms in total. The molecule has 1 heterocycles. The first-order valence-corrected chi connectivity index (χ1v) is 7.35. The van der Waals surface area contributed by atoms with Crippen LogP contribution in [-0.2, 0) is 0 Å². The highest BCUT2D eigenvalue weighted by atomic mass is 32.1. The largest absolute Gasteiger partial charge is 0.508 e. The van der Waals surface area contributed by atoms with E-state index in [2.05, 4.69) is 11.1 Å². The van der Waals surface area contributed by atoms with Crippen LogP contribution in [0.25, 0.3) is 15.8 Å². The van der Waals surface area contributed by atoms with Gasteiger partial charge in [-0.2, -0.15) is 0 Å². The van der Waals surface area contributed by atoms with Gasteiger partial charge in [0.05, 0.1) is 10.2 Å². The van der Waals surface area contributed by atoms with Gasteiger partial charge in [-0.15, -0.1) is 11.3 Å². The van der Waals surface area contributed by atoms with Gasteiger partial charge in [-0.05, 0) is 37.1 Å². The maximum atomic E-state index is 10.3. The van der Waals surface area contributed by atoms with Gasteiger partial charge in [0.2, 0.25) is 0 Å². The summed E-state index contributed by atoms with van der Waals surface area (Å²) in [5, 5.41) is 11.1. The molecule has 0 saturated carbocycles. The van der Waals surface area contributed by atoms with Crippen LogP contribution in [0.5, 0.6) is 0 Å². The minimum absolute atomic E-state index is 0.291. The van der Waals surface area contributed by atoms with Crippen molar-refractivity contribution in [3.8, 4) is 0 Å². The molecule has 1 aromatic heterocycles. The second-order valence-electron chi connectivity index (χ2n) is 4.71. The standard InChI is InChI=1S/C17H15NOS/c1-12(15(19)11-13-7-3-2-4-8-13)17-18-14-9-5-6-10-16(14)20-17/h2-7,9-11,19H,8H2,1H3/b13-11-,15-12-. The molecule has 0 saturated heterocycles. The van der Waals surface area contributed by atoms with Crippen molar-refractivity contribution in [3.63, 3.8) is 0 Å². The Morgan fingerprint density at radius 1 is 1.30 bits per heavy atom. The van der Waals surface area contributed by atoms with E-state index in [1.807, 2.05) is 55.5 Å². The van der Waals surface area contributed by atoms with Crippen LogP contribution in [0.2, 0.25) is 0 Å². The van der Waals surface area contributed by atoms with E-state index in [0.29, 0.717) is 5.76 Å². The number of aliphatic hydroxyl groups excluding tert-OH is 1. The number of benzene rings is 1. The Kier molecular flexibility index (Phi) is 3.52. The Labute approximate surface area is 122 Å². The molecule has 2 aromatic rings. The van der Waals surface area contributed by atoms with Gasteiger partial charge in [0.1, 0.15) is 10.8 Å². The molecule has 0 amide bonds. The first-order valence-electron chi connectivity index (χ1n) is 6.53. The molecule has 0 spiro atoms. The van der Waals surface area contributed by atoms with Crippen molar-refractivity contribution < 1.29 is 5.11 Å². The molecule has 1 N–H and O–H groups in total. The molecule has 3 rings (SSSR count). The highest BCUT2D eigenvalue weighted by Gasteiger charge is 2.08. The fourth-order valence-electron chi connectivity index (χ4n) is 2.06. The molecule has 1 aromatic carbocycles. The van der Waals surface area contributed by atoms with E-state index in [9.17, 15) is 5.11 Å². The number of aliphatic hydroxyl groups is 1. The van der Waals surface area contributed by atoms with E-state index in [1.165, 1.54) is 0 Å². The highest BCUT2D eigenvalue weighted by molar-refractivity contribution is 7.19. The van der Waals surface area contributed by atoms with Crippen molar-refractivity contribution in [2.75, 3.05) is 0 Å². The zero-order chi connectivity index (χ0) is 13.9. The Hall–Kier alpha value is -2.13. The third kappa shape index (κ3) is 2.58. The number of hydrogen-bond acceptors (Lipinski definition) is 3. The van der Waals surface area contributed by atoms with Crippen molar-refractivity contribution in [1.82, 2.24) is 4.98 Å². The summed E-state index contributed by atoms with van der Waals surface area (Å²) in [4.78, 5) is 4.57. The molecular formula is C17H15NOS. The number of nitrogens with zero attached hydrogens (tertiary/aromatic N) is 1. The zero-order valence-corrected chi connectivity index (χ0v) is 12.0. The molecule has 1 aliphatic carbocycles. The average molecular weight is 281 g/mol. The zero-order valence-electron chi connectivity index (χ0n) is 11.2. The molecule has 0 radical (unpaired) electrons. The molecule has 0 fully saturated rings. The number of rotatable bonds is 2. The number of allylic oxidation sites excluding steroid dienone is 7. The lowest BCUT2D eigenvalue weighted by atomic mass is 10.1. The summed E-state index contributed by atoms with van der Waals surface area (Å²) in [6.07, 6.45) is 10.8. The topological polar surface area (TPSA) is 33.1 Å². The minimum atomic E-state index is 0.291. The molecule has 100 valence electrons. The number of fused-ring (bicyclic) bond motifs is 1. The fraction of sp³-hybridized carbons (Fsp3) is 0.118. The third-order valence-electron chi connectivity index (χ3n) is 3.23. The maximum absolute atomic E-state index is 10.3. The van der Waals surface area contributed by atoms with Crippen LogP contribution in [0, 0.1) is 0 Å². The van der Waals surface area contributed by atoms with Crippen LogP contribution < -0.4 is 0 Å².